The summed E-state index contributed by atoms with van der Waals surface area (Å²) in [5.41, 5.74) is 0.548. The van der Waals surface area contributed by atoms with Gasteiger partial charge in [-0.25, -0.2) is 4.98 Å². The van der Waals surface area contributed by atoms with E-state index in [1.807, 2.05) is 18.2 Å². The van der Waals surface area contributed by atoms with Crippen molar-refractivity contribution in [1.29, 1.82) is 0 Å². The van der Waals surface area contributed by atoms with Gasteiger partial charge in [0.15, 0.2) is 0 Å². The molecule has 1 unspecified atom stereocenters. The van der Waals surface area contributed by atoms with E-state index < -0.39 is 6.10 Å². The highest BCUT2D eigenvalue weighted by Crippen LogP contribution is 2.11. The number of amides is 1. The van der Waals surface area contributed by atoms with Crippen molar-refractivity contribution in [1.82, 2.24) is 25.5 Å². The van der Waals surface area contributed by atoms with E-state index in [4.69, 9.17) is 4.74 Å². The number of para-hydroxylation sites is 1. The number of nitrogens with one attached hydrogen (secondary N) is 3. The summed E-state index contributed by atoms with van der Waals surface area (Å²) in [6.45, 7) is 3.98. The van der Waals surface area contributed by atoms with Gasteiger partial charge < -0.3 is 20.4 Å². The summed E-state index contributed by atoms with van der Waals surface area (Å²) in [5, 5.41) is 6.96. The fourth-order valence-electron chi connectivity index (χ4n) is 3.70. The van der Waals surface area contributed by atoms with E-state index in [0.717, 1.165) is 25.9 Å². The average molecular weight is 371 g/mol. The van der Waals surface area contributed by atoms with Gasteiger partial charge in [-0.3, -0.25) is 14.5 Å². The van der Waals surface area contributed by atoms with Gasteiger partial charge >= 0.3 is 0 Å². The van der Waals surface area contributed by atoms with Crippen molar-refractivity contribution in [2.24, 2.45) is 0 Å². The van der Waals surface area contributed by atoms with Crippen LogP contribution in [0.15, 0.2) is 29.1 Å². The SMILES string of the molecule is O=C(N[C@H]1CCCNC1)C1CN(Cc2nc3ccccc3c(=O)[nH]2)CCO1. The molecule has 0 aliphatic carbocycles. The first-order valence-electron chi connectivity index (χ1n) is 9.52. The van der Waals surface area contributed by atoms with E-state index >= 15 is 0 Å². The number of carbonyl (C=O) groups excluding carboxylic acids is 1. The van der Waals surface area contributed by atoms with E-state index in [1.54, 1.807) is 6.07 Å². The second-order valence-electron chi connectivity index (χ2n) is 7.18. The van der Waals surface area contributed by atoms with Crippen molar-refractivity contribution in [3.63, 3.8) is 0 Å². The van der Waals surface area contributed by atoms with E-state index in [2.05, 4.69) is 25.5 Å². The zero-order chi connectivity index (χ0) is 18.6. The molecule has 0 radical (unpaired) electrons. The molecule has 2 aromatic rings. The minimum Gasteiger partial charge on any atom is -0.366 e. The predicted octanol–water partition coefficient (Wildman–Crippen LogP) is -0.00790. The predicted molar refractivity (Wildman–Crippen MR) is 101 cm³/mol. The number of fused-ring (bicyclic) bond motifs is 1. The topological polar surface area (TPSA) is 99.4 Å². The Morgan fingerprint density at radius 3 is 3.11 bits per heavy atom. The number of piperidine rings is 1. The number of rotatable bonds is 4. The van der Waals surface area contributed by atoms with Crippen LogP contribution in [-0.4, -0.2) is 65.7 Å². The van der Waals surface area contributed by atoms with Gasteiger partial charge in [-0.1, -0.05) is 12.1 Å². The molecular formula is C19H25N5O3. The summed E-state index contributed by atoms with van der Waals surface area (Å²) in [6.07, 6.45) is 1.58. The van der Waals surface area contributed by atoms with Crippen molar-refractivity contribution in [3.8, 4) is 0 Å². The highest BCUT2D eigenvalue weighted by molar-refractivity contribution is 5.81. The van der Waals surface area contributed by atoms with E-state index in [0.29, 0.717) is 43.0 Å². The Kier molecular flexibility index (Phi) is 5.47. The summed E-state index contributed by atoms with van der Waals surface area (Å²) < 4.78 is 5.68. The Hall–Kier alpha value is -2.29. The van der Waals surface area contributed by atoms with Crippen LogP contribution < -0.4 is 16.2 Å². The molecule has 1 aromatic heterocycles. The molecule has 2 aliphatic rings. The maximum absolute atomic E-state index is 12.5. The van der Waals surface area contributed by atoms with Crippen LogP contribution in [0.1, 0.15) is 18.7 Å². The van der Waals surface area contributed by atoms with Gasteiger partial charge in [0, 0.05) is 25.7 Å². The first kappa shape index (κ1) is 18.1. The average Bonchev–Trinajstić information content (AvgIpc) is 2.69. The van der Waals surface area contributed by atoms with Crippen LogP contribution in [-0.2, 0) is 16.1 Å². The molecule has 0 saturated carbocycles. The molecule has 1 amide bonds. The molecule has 8 nitrogen and oxygen atoms in total. The maximum Gasteiger partial charge on any atom is 0.258 e. The Labute approximate surface area is 157 Å². The van der Waals surface area contributed by atoms with E-state index in [9.17, 15) is 9.59 Å². The maximum atomic E-state index is 12.5. The number of nitrogens with zero attached hydrogens (tertiary/aromatic N) is 2. The summed E-state index contributed by atoms with van der Waals surface area (Å²) in [4.78, 5) is 34.2. The number of H-pyrrole nitrogens is 1. The van der Waals surface area contributed by atoms with Crippen LogP contribution >= 0.6 is 0 Å². The molecule has 144 valence electrons. The molecule has 4 rings (SSSR count). The van der Waals surface area contributed by atoms with Crippen LogP contribution in [0.5, 0.6) is 0 Å². The minimum atomic E-state index is -0.493. The molecule has 0 spiro atoms. The van der Waals surface area contributed by atoms with Crippen LogP contribution in [0.25, 0.3) is 10.9 Å². The molecule has 1 aromatic carbocycles. The lowest BCUT2D eigenvalue weighted by Crippen LogP contribution is -2.54. The van der Waals surface area contributed by atoms with Crippen molar-refractivity contribution in [2.45, 2.75) is 31.5 Å². The Morgan fingerprint density at radius 2 is 2.26 bits per heavy atom. The first-order valence-corrected chi connectivity index (χ1v) is 9.52. The van der Waals surface area contributed by atoms with Crippen LogP contribution in [0.3, 0.4) is 0 Å². The number of hydrogen-bond acceptors (Lipinski definition) is 6. The lowest BCUT2D eigenvalue weighted by Gasteiger charge is -2.33. The molecule has 2 atom stereocenters. The Balaban J connectivity index is 1.39. The smallest absolute Gasteiger partial charge is 0.258 e. The number of aromatic amines is 1. The number of aromatic nitrogens is 2. The molecule has 2 fully saturated rings. The summed E-state index contributed by atoms with van der Waals surface area (Å²) in [6, 6.07) is 7.46. The molecular weight excluding hydrogens is 346 g/mol. The van der Waals surface area contributed by atoms with Gasteiger partial charge in [-0.2, -0.15) is 0 Å². The standard InChI is InChI=1S/C19H25N5O3/c25-18-14-5-1-2-6-15(14)22-17(23-18)12-24-8-9-27-16(11-24)19(26)21-13-4-3-7-20-10-13/h1-2,5-6,13,16,20H,3-4,7-12H2,(H,21,26)(H,22,23,25)/t13-,16?/m0/s1. The third-order valence-corrected chi connectivity index (χ3v) is 5.12. The lowest BCUT2D eigenvalue weighted by atomic mass is 10.1. The van der Waals surface area contributed by atoms with Gasteiger partial charge in [0.2, 0.25) is 0 Å². The summed E-state index contributed by atoms with van der Waals surface area (Å²) in [7, 11) is 0. The highest BCUT2D eigenvalue weighted by atomic mass is 16.5. The third-order valence-electron chi connectivity index (χ3n) is 5.12. The number of ether oxygens (including phenoxy) is 1. The molecule has 8 heteroatoms. The number of carbonyl (C=O) groups is 1. The van der Waals surface area contributed by atoms with Crippen molar-refractivity contribution < 1.29 is 9.53 Å². The Morgan fingerprint density at radius 1 is 1.37 bits per heavy atom. The second-order valence-corrected chi connectivity index (χ2v) is 7.18. The summed E-state index contributed by atoms with van der Waals surface area (Å²) in [5.74, 6) is 0.546. The minimum absolute atomic E-state index is 0.0617. The number of benzene rings is 1. The fraction of sp³-hybridized carbons (Fsp3) is 0.526. The second kappa shape index (κ2) is 8.16. The fourth-order valence-corrected chi connectivity index (χ4v) is 3.70. The molecule has 3 heterocycles. The van der Waals surface area contributed by atoms with Crippen LogP contribution in [0.4, 0.5) is 0 Å². The largest absolute Gasteiger partial charge is 0.366 e. The first-order chi connectivity index (χ1) is 13.2. The Bertz CT molecular complexity index is 862. The van der Waals surface area contributed by atoms with Crippen molar-refractivity contribution >= 4 is 16.8 Å². The van der Waals surface area contributed by atoms with Gasteiger partial charge in [-0.15, -0.1) is 0 Å². The highest BCUT2D eigenvalue weighted by Gasteiger charge is 2.28. The zero-order valence-corrected chi connectivity index (χ0v) is 15.2. The quantitative estimate of drug-likeness (QED) is 0.699. The number of morpholine rings is 1. The van der Waals surface area contributed by atoms with Gasteiger partial charge in [0.1, 0.15) is 11.9 Å². The van der Waals surface area contributed by atoms with E-state index in [1.165, 1.54) is 0 Å². The van der Waals surface area contributed by atoms with E-state index in [-0.39, 0.29) is 17.5 Å². The molecule has 27 heavy (non-hydrogen) atoms. The monoisotopic (exact) mass is 371 g/mol. The lowest BCUT2D eigenvalue weighted by molar-refractivity contribution is -0.139. The summed E-state index contributed by atoms with van der Waals surface area (Å²) >= 11 is 0. The van der Waals surface area contributed by atoms with Gasteiger partial charge in [0.25, 0.3) is 11.5 Å². The van der Waals surface area contributed by atoms with Crippen molar-refractivity contribution in [2.75, 3.05) is 32.8 Å². The van der Waals surface area contributed by atoms with Gasteiger partial charge in [-0.05, 0) is 31.5 Å². The molecule has 0 bridgehead atoms. The van der Waals surface area contributed by atoms with Crippen LogP contribution in [0, 0.1) is 0 Å². The zero-order valence-electron chi connectivity index (χ0n) is 15.2. The number of hydrogen-bond donors (Lipinski definition) is 3. The van der Waals surface area contributed by atoms with Crippen molar-refractivity contribution in [3.05, 3.63) is 40.4 Å². The molecule has 3 N–H and O–H groups in total. The van der Waals surface area contributed by atoms with Crippen LogP contribution in [0.2, 0.25) is 0 Å². The van der Waals surface area contributed by atoms with Gasteiger partial charge in [0.05, 0.1) is 24.1 Å². The molecule has 2 aliphatic heterocycles. The normalized spacial score (nSPS) is 24.0. The third kappa shape index (κ3) is 4.35. The molecule has 2 saturated heterocycles.